The number of halogens is 1. The average molecular weight is 247 g/mol. The van der Waals surface area contributed by atoms with Crippen molar-refractivity contribution in [3.8, 4) is 0 Å². The van der Waals surface area contributed by atoms with Crippen molar-refractivity contribution < 1.29 is 4.21 Å². The van der Waals surface area contributed by atoms with Crippen molar-refractivity contribution in [3.63, 3.8) is 0 Å². The summed E-state index contributed by atoms with van der Waals surface area (Å²) in [7, 11) is -0.735. The van der Waals surface area contributed by atoms with E-state index in [4.69, 9.17) is 11.6 Å². The monoisotopic (exact) mass is 246 g/mol. The van der Waals surface area contributed by atoms with E-state index in [1.54, 1.807) is 18.6 Å². The lowest BCUT2D eigenvalue weighted by Crippen LogP contribution is -2.18. The molecule has 0 aliphatic carbocycles. The molecule has 3 nitrogen and oxygen atoms in total. The smallest absolute Gasteiger partial charge is 0.0820 e. The number of nitrogens with zero attached hydrogens (tertiary/aromatic N) is 1. The molecule has 1 N–H and O–H groups in total. The molecule has 0 aromatic carbocycles. The van der Waals surface area contributed by atoms with Crippen LogP contribution in [0.15, 0.2) is 18.5 Å². The first kappa shape index (κ1) is 12.5. The highest BCUT2D eigenvalue weighted by molar-refractivity contribution is 7.84. The normalized spacial score (nSPS) is 14.6. The highest BCUT2D eigenvalue weighted by Gasteiger charge is 2.05. The van der Waals surface area contributed by atoms with Crippen LogP contribution in [0.4, 0.5) is 5.69 Å². The molecule has 84 valence electrons. The van der Waals surface area contributed by atoms with E-state index in [1.807, 2.05) is 13.0 Å². The molecule has 0 amide bonds. The van der Waals surface area contributed by atoms with E-state index in [2.05, 4.69) is 10.3 Å². The van der Waals surface area contributed by atoms with Crippen LogP contribution in [0, 0.1) is 0 Å². The van der Waals surface area contributed by atoms with Gasteiger partial charge in [-0.25, -0.2) is 0 Å². The summed E-state index contributed by atoms with van der Waals surface area (Å²) in [4.78, 5) is 3.91. The fourth-order valence-corrected chi connectivity index (χ4v) is 2.03. The number of pyridine rings is 1. The molecule has 1 rings (SSSR count). The van der Waals surface area contributed by atoms with Crippen LogP contribution in [0.1, 0.15) is 13.3 Å². The number of rotatable bonds is 5. The van der Waals surface area contributed by atoms with Crippen molar-refractivity contribution in [2.75, 3.05) is 17.3 Å². The van der Waals surface area contributed by atoms with E-state index >= 15 is 0 Å². The summed E-state index contributed by atoms with van der Waals surface area (Å²) in [5.74, 6) is 0.705. The van der Waals surface area contributed by atoms with E-state index in [0.29, 0.717) is 10.8 Å². The maximum absolute atomic E-state index is 10.9. The second-order valence-electron chi connectivity index (χ2n) is 3.47. The first-order valence-electron chi connectivity index (χ1n) is 4.75. The lowest BCUT2D eigenvalue weighted by atomic mass is 10.2. The maximum atomic E-state index is 10.9. The van der Waals surface area contributed by atoms with Crippen molar-refractivity contribution in [1.29, 1.82) is 0 Å². The minimum atomic E-state index is -0.735. The molecule has 0 fully saturated rings. The molecular weight excluding hydrogens is 232 g/mol. The summed E-state index contributed by atoms with van der Waals surface area (Å²) in [5.41, 5.74) is 0.876. The van der Waals surface area contributed by atoms with Gasteiger partial charge in [-0.15, -0.1) is 0 Å². The molecule has 0 radical (unpaired) electrons. The summed E-state index contributed by atoms with van der Waals surface area (Å²) in [6.45, 7) is 2.05. The Bertz CT molecular complexity index is 346. The Labute approximate surface area is 97.7 Å². The fourth-order valence-electron chi connectivity index (χ4n) is 1.17. The quantitative estimate of drug-likeness (QED) is 0.867. The van der Waals surface area contributed by atoms with E-state index in [1.165, 1.54) is 0 Å². The topological polar surface area (TPSA) is 42.0 Å². The Hall–Kier alpha value is -0.610. The zero-order chi connectivity index (χ0) is 11.3. The predicted molar refractivity (Wildman–Crippen MR) is 65.9 cm³/mol. The van der Waals surface area contributed by atoms with Crippen molar-refractivity contribution in [3.05, 3.63) is 23.5 Å². The van der Waals surface area contributed by atoms with Gasteiger partial charge in [-0.3, -0.25) is 9.19 Å². The van der Waals surface area contributed by atoms with E-state index in [0.717, 1.165) is 12.1 Å². The summed E-state index contributed by atoms with van der Waals surface area (Å²) in [6, 6.07) is 2.09. The molecule has 0 saturated carbocycles. The van der Waals surface area contributed by atoms with E-state index in [9.17, 15) is 4.21 Å². The van der Waals surface area contributed by atoms with Gasteiger partial charge in [-0.05, 0) is 19.4 Å². The summed E-state index contributed by atoms with van der Waals surface area (Å²) in [6.07, 6.45) is 5.88. The van der Waals surface area contributed by atoms with Crippen LogP contribution < -0.4 is 5.32 Å². The van der Waals surface area contributed by atoms with Gasteiger partial charge < -0.3 is 5.32 Å². The zero-order valence-corrected chi connectivity index (χ0v) is 10.4. The van der Waals surface area contributed by atoms with Crippen LogP contribution in [0.2, 0.25) is 5.02 Å². The highest BCUT2D eigenvalue weighted by Crippen LogP contribution is 2.20. The zero-order valence-electron chi connectivity index (χ0n) is 8.87. The lowest BCUT2D eigenvalue weighted by Gasteiger charge is -2.15. The molecule has 0 saturated heterocycles. The molecule has 1 aromatic heterocycles. The second-order valence-corrected chi connectivity index (χ2v) is 5.43. The number of hydrogen-bond donors (Lipinski definition) is 1. The molecule has 2 unspecified atom stereocenters. The van der Waals surface area contributed by atoms with Gasteiger partial charge in [-0.1, -0.05) is 11.6 Å². The minimum absolute atomic E-state index is 0.258. The molecule has 0 aliphatic rings. The van der Waals surface area contributed by atoms with Gasteiger partial charge in [0.1, 0.15) is 0 Å². The summed E-state index contributed by atoms with van der Waals surface area (Å²) >= 11 is 5.95. The third kappa shape index (κ3) is 4.62. The van der Waals surface area contributed by atoms with Crippen LogP contribution in [-0.2, 0) is 10.8 Å². The van der Waals surface area contributed by atoms with Gasteiger partial charge in [0, 0.05) is 41.2 Å². The molecule has 1 heterocycles. The predicted octanol–water partition coefficient (Wildman–Crippen LogP) is 2.30. The molecule has 0 bridgehead atoms. The minimum Gasteiger partial charge on any atom is -0.381 e. The lowest BCUT2D eigenvalue weighted by molar-refractivity contribution is 0.678. The van der Waals surface area contributed by atoms with Gasteiger partial charge in [0.05, 0.1) is 10.7 Å². The van der Waals surface area contributed by atoms with E-state index < -0.39 is 10.8 Å². The van der Waals surface area contributed by atoms with Gasteiger partial charge in [-0.2, -0.15) is 0 Å². The third-order valence-electron chi connectivity index (χ3n) is 2.01. The van der Waals surface area contributed by atoms with Crippen LogP contribution >= 0.6 is 11.6 Å². The number of nitrogens with one attached hydrogen (secondary N) is 1. The molecule has 5 heteroatoms. The summed E-state index contributed by atoms with van der Waals surface area (Å²) in [5, 5.41) is 3.87. The molecule has 15 heavy (non-hydrogen) atoms. The van der Waals surface area contributed by atoms with Gasteiger partial charge in [0.2, 0.25) is 0 Å². The Balaban J connectivity index is 2.47. The fraction of sp³-hybridized carbons (Fsp3) is 0.500. The largest absolute Gasteiger partial charge is 0.381 e. The third-order valence-corrected chi connectivity index (χ3v) is 3.12. The highest BCUT2D eigenvalue weighted by atomic mass is 35.5. The average Bonchev–Trinajstić information content (AvgIpc) is 2.18. The van der Waals surface area contributed by atoms with E-state index in [-0.39, 0.29) is 6.04 Å². The van der Waals surface area contributed by atoms with Crippen molar-refractivity contribution in [2.45, 2.75) is 19.4 Å². The van der Waals surface area contributed by atoms with Crippen LogP contribution in [-0.4, -0.2) is 27.2 Å². The SMILES string of the molecule is CC(CCS(C)=O)Nc1ccncc1Cl. The maximum Gasteiger partial charge on any atom is 0.0820 e. The van der Waals surface area contributed by atoms with Crippen LogP contribution in [0.3, 0.4) is 0 Å². The van der Waals surface area contributed by atoms with Crippen molar-refractivity contribution in [2.24, 2.45) is 0 Å². The Morgan fingerprint density at radius 3 is 3.00 bits per heavy atom. The van der Waals surface area contributed by atoms with Gasteiger partial charge >= 0.3 is 0 Å². The standard InChI is InChI=1S/C10H15ClN2OS/c1-8(4-6-15(2)14)13-10-3-5-12-7-9(10)11/h3,5,7-8H,4,6H2,1-2H3,(H,12,13). The van der Waals surface area contributed by atoms with Gasteiger partial charge in [0.25, 0.3) is 0 Å². The van der Waals surface area contributed by atoms with Crippen molar-refractivity contribution >= 4 is 28.1 Å². The van der Waals surface area contributed by atoms with Crippen molar-refractivity contribution in [1.82, 2.24) is 4.98 Å². The molecule has 0 aliphatic heterocycles. The second kappa shape index (κ2) is 6.08. The molecular formula is C10H15ClN2OS. The van der Waals surface area contributed by atoms with Gasteiger partial charge in [0.15, 0.2) is 0 Å². The molecule has 1 aromatic rings. The number of anilines is 1. The molecule has 0 spiro atoms. The first-order chi connectivity index (χ1) is 7.09. The first-order valence-corrected chi connectivity index (χ1v) is 6.86. The summed E-state index contributed by atoms with van der Waals surface area (Å²) < 4.78 is 10.9. The Morgan fingerprint density at radius 1 is 1.67 bits per heavy atom. The Morgan fingerprint density at radius 2 is 2.40 bits per heavy atom. The Kier molecular flexibility index (Phi) is 5.05. The number of aromatic nitrogens is 1. The number of hydrogen-bond acceptors (Lipinski definition) is 3. The van der Waals surface area contributed by atoms with Crippen LogP contribution in [0.25, 0.3) is 0 Å². The molecule has 2 atom stereocenters. The van der Waals surface area contributed by atoms with Crippen LogP contribution in [0.5, 0.6) is 0 Å².